The van der Waals surface area contributed by atoms with Crippen LogP contribution in [0.2, 0.25) is 0 Å². The highest BCUT2D eigenvalue weighted by molar-refractivity contribution is 14.0. The molecule has 2 aliphatic rings. The third-order valence-corrected chi connectivity index (χ3v) is 5.20. The van der Waals surface area contributed by atoms with Crippen molar-refractivity contribution in [3.05, 3.63) is 0 Å². The summed E-state index contributed by atoms with van der Waals surface area (Å²) in [5.74, 6) is -1.16. The summed E-state index contributed by atoms with van der Waals surface area (Å²) in [5, 5.41) is 16.4. The molecule has 0 saturated heterocycles. The fourth-order valence-corrected chi connectivity index (χ4v) is 3.79. The van der Waals surface area contributed by atoms with Gasteiger partial charge in [-0.25, -0.2) is 0 Å². The molecule has 0 bridgehead atoms. The largest absolute Gasteiger partial charge is 0.392 e. The Bertz CT molecular complexity index is 412. The van der Waals surface area contributed by atoms with Crippen LogP contribution in [0, 0.1) is 11.8 Å². The second-order valence-electron chi connectivity index (χ2n) is 6.93. The van der Waals surface area contributed by atoms with Gasteiger partial charge in [0.05, 0.1) is 11.5 Å². The maximum atomic E-state index is 13.1. The van der Waals surface area contributed by atoms with Crippen LogP contribution in [0.15, 0.2) is 4.99 Å². The Morgan fingerprint density at radius 3 is 2.33 bits per heavy atom. The van der Waals surface area contributed by atoms with Crippen molar-refractivity contribution in [1.82, 2.24) is 10.6 Å². The molecular weight excluding hydrogens is 434 g/mol. The SMILES string of the molecule is CN=C(NCC1CCCCC1C(F)(F)F)NCC1(O)CCCC1.I. The number of guanidine groups is 1. The van der Waals surface area contributed by atoms with Crippen LogP contribution in [-0.4, -0.2) is 43.0 Å². The fourth-order valence-electron chi connectivity index (χ4n) is 3.79. The van der Waals surface area contributed by atoms with Gasteiger partial charge in [-0.1, -0.05) is 25.7 Å². The van der Waals surface area contributed by atoms with Gasteiger partial charge >= 0.3 is 6.18 Å². The Labute approximate surface area is 159 Å². The lowest BCUT2D eigenvalue weighted by Gasteiger charge is -2.33. The lowest BCUT2D eigenvalue weighted by atomic mass is 9.79. The third kappa shape index (κ3) is 6.24. The molecule has 4 nitrogen and oxygen atoms in total. The molecule has 0 aliphatic heterocycles. The molecule has 24 heavy (non-hydrogen) atoms. The molecule has 2 fully saturated rings. The number of halogens is 4. The molecular formula is C16H29F3IN3O. The molecule has 2 atom stereocenters. The van der Waals surface area contributed by atoms with Crippen LogP contribution in [0.1, 0.15) is 51.4 Å². The van der Waals surface area contributed by atoms with Gasteiger partial charge < -0.3 is 15.7 Å². The third-order valence-electron chi connectivity index (χ3n) is 5.20. The quantitative estimate of drug-likeness (QED) is 0.340. The van der Waals surface area contributed by atoms with Gasteiger partial charge in [0.25, 0.3) is 0 Å². The number of hydrogen-bond donors (Lipinski definition) is 3. The number of nitrogens with zero attached hydrogens (tertiary/aromatic N) is 1. The molecule has 3 N–H and O–H groups in total. The van der Waals surface area contributed by atoms with E-state index in [4.69, 9.17) is 0 Å². The number of nitrogens with one attached hydrogen (secondary N) is 2. The molecule has 142 valence electrons. The molecule has 2 saturated carbocycles. The van der Waals surface area contributed by atoms with Crippen LogP contribution in [0.3, 0.4) is 0 Å². The smallest absolute Gasteiger partial charge is 0.388 e. The number of rotatable bonds is 4. The minimum absolute atomic E-state index is 0. The Hall–Kier alpha value is -0.250. The van der Waals surface area contributed by atoms with E-state index in [0.717, 1.165) is 32.1 Å². The van der Waals surface area contributed by atoms with Crippen molar-refractivity contribution >= 4 is 29.9 Å². The van der Waals surface area contributed by atoms with Crippen molar-refractivity contribution in [2.45, 2.75) is 63.1 Å². The maximum absolute atomic E-state index is 13.1. The Kier molecular flexibility index (Phi) is 8.58. The van der Waals surface area contributed by atoms with Gasteiger partial charge in [-0.05, 0) is 31.6 Å². The zero-order valence-corrected chi connectivity index (χ0v) is 16.5. The molecule has 2 rings (SSSR count). The molecule has 0 aromatic carbocycles. The van der Waals surface area contributed by atoms with Gasteiger partial charge in [0.15, 0.2) is 5.96 Å². The summed E-state index contributed by atoms with van der Waals surface area (Å²) >= 11 is 0. The Morgan fingerprint density at radius 2 is 1.75 bits per heavy atom. The summed E-state index contributed by atoms with van der Waals surface area (Å²) in [4.78, 5) is 4.05. The van der Waals surface area contributed by atoms with E-state index in [0.29, 0.717) is 25.3 Å². The summed E-state index contributed by atoms with van der Waals surface area (Å²) in [6, 6.07) is 0. The van der Waals surface area contributed by atoms with E-state index < -0.39 is 23.6 Å². The molecule has 8 heteroatoms. The number of hydrogen-bond acceptors (Lipinski definition) is 2. The van der Waals surface area contributed by atoms with E-state index in [1.165, 1.54) is 0 Å². The second-order valence-corrected chi connectivity index (χ2v) is 6.93. The van der Waals surface area contributed by atoms with Crippen LogP contribution in [0.4, 0.5) is 13.2 Å². The van der Waals surface area contributed by atoms with Crippen molar-refractivity contribution in [2.75, 3.05) is 20.1 Å². The van der Waals surface area contributed by atoms with E-state index in [1.807, 2.05) is 0 Å². The van der Waals surface area contributed by atoms with Gasteiger partial charge in [-0.3, -0.25) is 4.99 Å². The van der Waals surface area contributed by atoms with E-state index in [2.05, 4.69) is 15.6 Å². The fraction of sp³-hybridized carbons (Fsp3) is 0.938. The predicted molar refractivity (Wildman–Crippen MR) is 99.7 cm³/mol. The normalized spacial score (nSPS) is 27.5. The van der Waals surface area contributed by atoms with Gasteiger partial charge in [0.1, 0.15) is 0 Å². The first kappa shape index (κ1) is 21.8. The van der Waals surface area contributed by atoms with E-state index in [-0.39, 0.29) is 36.9 Å². The van der Waals surface area contributed by atoms with Crippen LogP contribution >= 0.6 is 24.0 Å². The summed E-state index contributed by atoms with van der Waals surface area (Å²) in [5.41, 5.74) is -0.711. The zero-order chi connectivity index (χ0) is 16.9. The maximum Gasteiger partial charge on any atom is 0.392 e. The minimum Gasteiger partial charge on any atom is -0.388 e. The topological polar surface area (TPSA) is 56.7 Å². The van der Waals surface area contributed by atoms with Crippen LogP contribution < -0.4 is 10.6 Å². The standard InChI is InChI=1S/C16H28F3N3O.HI/c1-20-14(22-11-15(23)8-4-5-9-15)21-10-12-6-2-3-7-13(12)16(17,18)19;/h12-13,23H,2-11H2,1H3,(H2,20,21,22);1H. The van der Waals surface area contributed by atoms with Crippen molar-refractivity contribution in [2.24, 2.45) is 16.8 Å². The first-order valence-electron chi connectivity index (χ1n) is 8.58. The highest BCUT2D eigenvalue weighted by Crippen LogP contribution is 2.41. The van der Waals surface area contributed by atoms with Crippen molar-refractivity contribution in [3.8, 4) is 0 Å². The molecule has 2 unspecified atom stereocenters. The van der Waals surface area contributed by atoms with Crippen molar-refractivity contribution in [3.63, 3.8) is 0 Å². The van der Waals surface area contributed by atoms with Crippen molar-refractivity contribution < 1.29 is 18.3 Å². The average Bonchev–Trinajstić information content (AvgIpc) is 2.94. The summed E-state index contributed by atoms with van der Waals surface area (Å²) in [7, 11) is 1.59. The molecule has 0 heterocycles. The van der Waals surface area contributed by atoms with E-state index >= 15 is 0 Å². The monoisotopic (exact) mass is 463 g/mol. The average molecular weight is 463 g/mol. The minimum atomic E-state index is -4.12. The van der Waals surface area contributed by atoms with Gasteiger partial charge in [-0.2, -0.15) is 13.2 Å². The summed E-state index contributed by atoms with van der Waals surface area (Å²) in [6.07, 6.45) is 1.75. The lowest BCUT2D eigenvalue weighted by molar-refractivity contribution is -0.195. The first-order chi connectivity index (χ1) is 10.8. The van der Waals surface area contributed by atoms with Crippen LogP contribution in [0.25, 0.3) is 0 Å². The molecule has 0 spiro atoms. The highest BCUT2D eigenvalue weighted by atomic mass is 127. The Balaban J connectivity index is 0.00000288. The molecule has 0 radical (unpaired) electrons. The molecule has 0 aromatic heterocycles. The second kappa shape index (κ2) is 9.45. The summed E-state index contributed by atoms with van der Waals surface area (Å²) in [6.45, 7) is 0.655. The summed E-state index contributed by atoms with van der Waals surface area (Å²) < 4.78 is 39.3. The molecule has 0 aromatic rings. The van der Waals surface area contributed by atoms with Gasteiger partial charge in [-0.15, -0.1) is 24.0 Å². The van der Waals surface area contributed by atoms with E-state index in [9.17, 15) is 18.3 Å². The zero-order valence-electron chi connectivity index (χ0n) is 14.2. The van der Waals surface area contributed by atoms with Crippen LogP contribution in [0.5, 0.6) is 0 Å². The van der Waals surface area contributed by atoms with Crippen LogP contribution in [-0.2, 0) is 0 Å². The van der Waals surface area contributed by atoms with E-state index in [1.54, 1.807) is 7.05 Å². The molecule has 2 aliphatic carbocycles. The van der Waals surface area contributed by atoms with Gasteiger partial charge in [0.2, 0.25) is 0 Å². The Morgan fingerprint density at radius 1 is 1.12 bits per heavy atom. The van der Waals surface area contributed by atoms with Crippen molar-refractivity contribution in [1.29, 1.82) is 0 Å². The number of aliphatic imine (C=N–C) groups is 1. The lowest BCUT2D eigenvalue weighted by Crippen LogP contribution is -2.48. The number of aliphatic hydroxyl groups is 1. The predicted octanol–water partition coefficient (Wildman–Crippen LogP) is 3.44. The van der Waals surface area contributed by atoms with Gasteiger partial charge in [0, 0.05) is 20.1 Å². The first-order valence-corrected chi connectivity index (χ1v) is 8.58. The number of alkyl halides is 3. The highest BCUT2D eigenvalue weighted by Gasteiger charge is 2.45. The molecule has 0 amide bonds.